The summed E-state index contributed by atoms with van der Waals surface area (Å²) in [7, 11) is 0. The van der Waals surface area contributed by atoms with Gasteiger partial charge in [0, 0.05) is 24.0 Å². The van der Waals surface area contributed by atoms with Gasteiger partial charge in [-0.1, -0.05) is 42.5 Å². The summed E-state index contributed by atoms with van der Waals surface area (Å²) in [5.74, 6) is -5.27. The van der Waals surface area contributed by atoms with Crippen molar-refractivity contribution in [2.45, 2.75) is 31.4 Å². The fourth-order valence-corrected chi connectivity index (χ4v) is 4.16. The summed E-state index contributed by atoms with van der Waals surface area (Å²) in [4.78, 5) is 6.02. The Bertz CT molecular complexity index is 1070. The molecular weight excluding hydrogens is 415 g/mol. The van der Waals surface area contributed by atoms with Crippen LogP contribution in [0.4, 0.5) is 27.6 Å². The van der Waals surface area contributed by atoms with Crippen LogP contribution in [0.1, 0.15) is 24.0 Å². The van der Waals surface area contributed by atoms with E-state index in [0.717, 1.165) is 11.5 Å². The van der Waals surface area contributed by atoms with Crippen molar-refractivity contribution in [3.8, 4) is 5.88 Å². The molecule has 2 aromatic carbocycles. The summed E-state index contributed by atoms with van der Waals surface area (Å²) in [6.07, 6.45) is -4.34. The molecule has 3 nitrogen and oxygen atoms in total. The predicted molar refractivity (Wildman–Crippen MR) is 107 cm³/mol. The third-order valence-electron chi connectivity index (χ3n) is 5.85. The Morgan fingerprint density at radius 1 is 0.935 bits per heavy atom. The summed E-state index contributed by atoms with van der Waals surface area (Å²) in [5, 5.41) is 13.3. The Labute approximate surface area is 176 Å². The van der Waals surface area contributed by atoms with Crippen molar-refractivity contribution in [2.24, 2.45) is 5.92 Å². The van der Waals surface area contributed by atoms with Crippen molar-refractivity contribution >= 4 is 16.6 Å². The van der Waals surface area contributed by atoms with Gasteiger partial charge in [0.25, 0.3) is 5.88 Å². The molecule has 163 valence electrons. The number of halogens is 5. The third kappa shape index (κ3) is 4.16. The number of benzene rings is 2. The van der Waals surface area contributed by atoms with Crippen molar-refractivity contribution in [3.05, 3.63) is 65.7 Å². The van der Waals surface area contributed by atoms with Gasteiger partial charge in [-0.25, -0.2) is 4.98 Å². The van der Waals surface area contributed by atoms with E-state index in [1.54, 1.807) is 18.2 Å². The van der Waals surface area contributed by atoms with Gasteiger partial charge in [-0.2, -0.15) is 22.0 Å². The number of fused-ring (bicyclic) bond motifs is 1. The second-order valence-corrected chi connectivity index (χ2v) is 7.87. The van der Waals surface area contributed by atoms with E-state index in [-0.39, 0.29) is 23.8 Å². The van der Waals surface area contributed by atoms with Gasteiger partial charge in [0.2, 0.25) is 0 Å². The first-order valence-electron chi connectivity index (χ1n) is 10.0. The topological polar surface area (TPSA) is 36.0 Å². The van der Waals surface area contributed by atoms with Crippen molar-refractivity contribution in [3.63, 3.8) is 0 Å². The minimum absolute atomic E-state index is 0.0140. The third-order valence-corrected chi connectivity index (χ3v) is 5.85. The molecule has 0 bridgehead atoms. The maximum atomic E-state index is 14.0. The average Bonchev–Trinajstić information content (AvgIpc) is 2.73. The molecule has 0 amide bonds. The molecular formula is C23H20F5N2O. The van der Waals surface area contributed by atoms with Crippen LogP contribution in [0, 0.1) is 5.92 Å². The number of rotatable bonds is 4. The molecule has 1 aromatic heterocycles. The lowest BCUT2D eigenvalue weighted by Gasteiger charge is -2.34. The van der Waals surface area contributed by atoms with Crippen LogP contribution in [0.25, 0.3) is 10.9 Å². The summed E-state index contributed by atoms with van der Waals surface area (Å²) in [6.45, 7) is 1.02. The summed E-state index contributed by atoms with van der Waals surface area (Å²) in [5.41, 5.74) is 0.139. The zero-order valence-electron chi connectivity index (χ0n) is 16.5. The number of piperidine rings is 1. The standard InChI is InChI=1S/C23H20F5N2O/c24-22(25,23(26,27)28)18-7-3-1-5-16(18)13-15-9-11-30(12-10-15)20-14-17-6-2-4-8-19(17)29-21(20)31/h1-8,14-15H,9-13H2. The Morgan fingerprint density at radius 2 is 1.58 bits per heavy atom. The molecule has 0 aliphatic carbocycles. The Hall–Kier alpha value is -2.90. The fourth-order valence-electron chi connectivity index (χ4n) is 4.16. The highest BCUT2D eigenvalue weighted by atomic mass is 19.4. The first-order chi connectivity index (χ1) is 14.7. The van der Waals surface area contributed by atoms with E-state index < -0.39 is 17.7 Å². The summed E-state index contributed by atoms with van der Waals surface area (Å²) < 4.78 is 66.5. The normalized spacial score (nSPS) is 16.1. The second-order valence-electron chi connectivity index (χ2n) is 7.87. The van der Waals surface area contributed by atoms with E-state index in [9.17, 15) is 27.1 Å². The predicted octanol–water partition coefficient (Wildman–Crippen LogP) is 6.49. The largest absolute Gasteiger partial charge is 0.458 e. The summed E-state index contributed by atoms with van der Waals surface area (Å²) in [6, 6.07) is 14.0. The molecule has 1 fully saturated rings. The number of aromatic nitrogens is 1. The van der Waals surface area contributed by atoms with E-state index in [1.807, 2.05) is 17.0 Å². The highest BCUT2D eigenvalue weighted by molar-refractivity contribution is 5.83. The van der Waals surface area contributed by atoms with Gasteiger partial charge < -0.3 is 4.90 Å². The van der Waals surface area contributed by atoms with Crippen LogP contribution in [-0.2, 0) is 17.4 Å². The molecule has 0 N–H and O–H groups in total. The molecule has 0 spiro atoms. The van der Waals surface area contributed by atoms with E-state index in [1.165, 1.54) is 18.2 Å². The quantitative estimate of drug-likeness (QED) is 0.439. The maximum Gasteiger partial charge on any atom is 0.458 e. The molecule has 8 heteroatoms. The van der Waals surface area contributed by atoms with Crippen molar-refractivity contribution in [1.82, 2.24) is 4.98 Å². The zero-order valence-corrected chi connectivity index (χ0v) is 16.5. The lowest BCUT2D eigenvalue weighted by Crippen LogP contribution is -2.36. The van der Waals surface area contributed by atoms with E-state index in [0.29, 0.717) is 37.1 Å². The Balaban J connectivity index is 1.48. The van der Waals surface area contributed by atoms with E-state index in [2.05, 4.69) is 4.98 Å². The zero-order chi connectivity index (χ0) is 22.2. The Morgan fingerprint density at radius 3 is 2.29 bits per heavy atom. The molecule has 0 saturated carbocycles. The molecule has 1 radical (unpaired) electrons. The molecule has 1 aliphatic heterocycles. The van der Waals surface area contributed by atoms with Crippen LogP contribution in [0.15, 0.2) is 54.6 Å². The molecule has 0 unspecified atom stereocenters. The van der Waals surface area contributed by atoms with Crippen LogP contribution < -0.4 is 4.90 Å². The SMILES string of the molecule is [O]c1nc2ccccc2cc1N1CCC(Cc2ccccc2C(F)(F)C(F)(F)F)CC1. The Kier molecular flexibility index (Phi) is 5.49. The lowest BCUT2D eigenvalue weighted by atomic mass is 9.87. The lowest BCUT2D eigenvalue weighted by molar-refractivity contribution is -0.289. The maximum absolute atomic E-state index is 14.0. The molecule has 2 heterocycles. The highest BCUT2D eigenvalue weighted by Gasteiger charge is 2.59. The molecule has 3 aromatic rings. The number of hydrogen-bond donors (Lipinski definition) is 0. The number of pyridine rings is 1. The first-order valence-corrected chi connectivity index (χ1v) is 10.0. The highest BCUT2D eigenvalue weighted by Crippen LogP contribution is 2.45. The van der Waals surface area contributed by atoms with Gasteiger partial charge in [0.15, 0.2) is 0 Å². The van der Waals surface area contributed by atoms with Crippen LogP contribution in [0.5, 0.6) is 5.88 Å². The van der Waals surface area contributed by atoms with E-state index >= 15 is 0 Å². The molecule has 0 atom stereocenters. The fraction of sp³-hybridized carbons (Fsp3) is 0.348. The van der Waals surface area contributed by atoms with Gasteiger partial charge in [0.1, 0.15) is 5.69 Å². The minimum atomic E-state index is -5.64. The number of alkyl halides is 5. The van der Waals surface area contributed by atoms with Crippen LogP contribution in [0.3, 0.4) is 0 Å². The molecule has 1 aliphatic rings. The monoisotopic (exact) mass is 435 g/mol. The van der Waals surface area contributed by atoms with Crippen molar-refractivity contribution < 1.29 is 27.1 Å². The number of nitrogens with zero attached hydrogens (tertiary/aromatic N) is 2. The van der Waals surface area contributed by atoms with Gasteiger partial charge in [0.05, 0.1) is 5.52 Å². The van der Waals surface area contributed by atoms with E-state index in [4.69, 9.17) is 0 Å². The van der Waals surface area contributed by atoms with Gasteiger partial charge >= 0.3 is 12.1 Å². The van der Waals surface area contributed by atoms with Crippen molar-refractivity contribution in [1.29, 1.82) is 0 Å². The van der Waals surface area contributed by atoms with Crippen molar-refractivity contribution in [2.75, 3.05) is 18.0 Å². The second kappa shape index (κ2) is 7.98. The smallest absolute Gasteiger partial charge is 0.367 e. The average molecular weight is 435 g/mol. The number of hydrogen-bond acceptors (Lipinski definition) is 2. The number of anilines is 1. The van der Waals surface area contributed by atoms with Gasteiger partial charge in [-0.15, -0.1) is 0 Å². The molecule has 1 saturated heterocycles. The molecule has 31 heavy (non-hydrogen) atoms. The first kappa shape index (κ1) is 21.3. The number of para-hydroxylation sites is 1. The minimum Gasteiger partial charge on any atom is -0.367 e. The van der Waals surface area contributed by atoms with Crippen LogP contribution >= 0.6 is 0 Å². The summed E-state index contributed by atoms with van der Waals surface area (Å²) >= 11 is 0. The van der Waals surface area contributed by atoms with Gasteiger partial charge in [-0.3, -0.25) is 5.11 Å². The van der Waals surface area contributed by atoms with Crippen LogP contribution in [0.2, 0.25) is 0 Å². The molecule has 4 rings (SSSR count). The van der Waals surface area contributed by atoms with Gasteiger partial charge in [-0.05, 0) is 42.9 Å². The van der Waals surface area contributed by atoms with Crippen LogP contribution in [-0.4, -0.2) is 24.2 Å².